The normalized spacial score (nSPS) is 17.6. The Morgan fingerprint density at radius 2 is 1.78 bits per heavy atom. The lowest BCUT2D eigenvalue weighted by Gasteiger charge is -2.31. The van der Waals surface area contributed by atoms with Crippen LogP contribution in [-0.2, 0) is 9.47 Å². The topological polar surface area (TPSA) is 72.0 Å². The third kappa shape index (κ3) is 5.58. The first-order valence-corrected chi connectivity index (χ1v) is 9.30. The number of hydrogen-bond acceptors (Lipinski definition) is 5. The molecule has 0 bridgehead atoms. The smallest absolute Gasteiger partial charge is 0.415 e. The molecule has 1 aliphatic rings. The number of hydrogen-bond donors (Lipinski definition) is 0. The Kier molecular flexibility index (Phi) is 6.02. The van der Waals surface area contributed by atoms with Crippen LogP contribution in [0.15, 0.2) is 18.3 Å². The summed E-state index contributed by atoms with van der Waals surface area (Å²) >= 11 is 0. The van der Waals surface area contributed by atoms with E-state index in [0.717, 1.165) is 18.4 Å². The molecule has 1 fully saturated rings. The van der Waals surface area contributed by atoms with Gasteiger partial charge in [-0.1, -0.05) is 6.07 Å². The van der Waals surface area contributed by atoms with E-state index >= 15 is 0 Å². The number of amides is 2. The summed E-state index contributed by atoms with van der Waals surface area (Å²) in [5, 5.41) is 0. The van der Waals surface area contributed by atoms with E-state index in [9.17, 15) is 9.59 Å². The molecule has 1 atom stereocenters. The van der Waals surface area contributed by atoms with E-state index in [2.05, 4.69) is 4.98 Å². The number of pyridine rings is 1. The van der Waals surface area contributed by atoms with Gasteiger partial charge in [-0.2, -0.15) is 0 Å². The Morgan fingerprint density at radius 3 is 2.37 bits per heavy atom. The molecular formula is C20H31N3O4. The van der Waals surface area contributed by atoms with Crippen LogP contribution >= 0.6 is 0 Å². The van der Waals surface area contributed by atoms with Gasteiger partial charge >= 0.3 is 12.2 Å². The first kappa shape index (κ1) is 21.0. The van der Waals surface area contributed by atoms with E-state index in [1.165, 1.54) is 4.90 Å². The average molecular weight is 377 g/mol. The highest BCUT2D eigenvalue weighted by molar-refractivity contribution is 5.87. The van der Waals surface area contributed by atoms with Gasteiger partial charge in [0.15, 0.2) is 0 Å². The molecule has 27 heavy (non-hydrogen) atoms. The molecule has 1 saturated heterocycles. The quantitative estimate of drug-likeness (QED) is 0.757. The molecule has 0 saturated carbocycles. The van der Waals surface area contributed by atoms with Crippen LogP contribution in [0, 0.1) is 0 Å². The predicted molar refractivity (Wildman–Crippen MR) is 104 cm³/mol. The molecule has 2 amide bonds. The lowest BCUT2D eigenvalue weighted by atomic mass is 10.1. The highest BCUT2D eigenvalue weighted by atomic mass is 16.6. The third-order valence-electron chi connectivity index (χ3n) is 4.04. The van der Waals surface area contributed by atoms with Crippen molar-refractivity contribution in [2.45, 2.75) is 71.6 Å². The SMILES string of the molecule is CN(C(=O)OC(C)(C)C)c1ncccc1C1CCCN1C(=O)OC(C)(C)C. The van der Waals surface area contributed by atoms with Gasteiger partial charge in [0, 0.05) is 25.4 Å². The summed E-state index contributed by atoms with van der Waals surface area (Å²) in [4.78, 5) is 32.6. The van der Waals surface area contributed by atoms with Crippen molar-refractivity contribution >= 4 is 18.0 Å². The standard InChI is InChI=1S/C20H31N3O4/c1-19(2,3)26-17(24)22(7)16-14(10-8-12-21-16)15-11-9-13-23(15)18(25)27-20(4,5)6/h8,10,12,15H,9,11,13H2,1-7H3. The van der Waals surface area contributed by atoms with Gasteiger partial charge in [-0.15, -0.1) is 0 Å². The maximum Gasteiger partial charge on any atom is 0.415 e. The van der Waals surface area contributed by atoms with Gasteiger partial charge in [0.05, 0.1) is 6.04 Å². The second kappa shape index (κ2) is 7.74. The van der Waals surface area contributed by atoms with Crippen LogP contribution in [0.3, 0.4) is 0 Å². The maximum absolute atomic E-state index is 12.6. The van der Waals surface area contributed by atoms with Gasteiger partial charge in [-0.25, -0.2) is 14.6 Å². The summed E-state index contributed by atoms with van der Waals surface area (Å²) < 4.78 is 11.0. The van der Waals surface area contributed by atoms with E-state index in [4.69, 9.17) is 9.47 Å². The number of anilines is 1. The highest BCUT2D eigenvalue weighted by Gasteiger charge is 2.36. The maximum atomic E-state index is 12.6. The van der Waals surface area contributed by atoms with E-state index in [1.54, 1.807) is 18.1 Å². The molecule has 2 rings (SSSR count). The van der Waals surface area contributed by atoms with E-state index in [1.807, 2.05) is 53.7 Å². The highest BCUT2D eigenvalue weighted by Crippen LogP contribution is 2.37. The molecule has 150 valence electrons. The molecule has 1 unspecified atom stereocenters. The second-order valence-corrected chi connectivity index (χ2v) is 8.79. The Labute approximate surface area is 161 Å². The Bertz CT molecular complexity index is 691. The molecule has 0 radical (unpaired) electrons. The summed E-state index contributed by atoms with van der Waals surface area (Å²) in [7, 11) is 1.63. The lowest BCUT2D eigenvalue weighted by molar-refractivity contribution is 0.0225. The fraction of sp³-hybridized carbons (Fsp3) is 0.650. The summed E-state index contributed by atoms with van der Waals surface area (Å²) in [5.41, 5.74) is -0.347. The number of ether oxygens (including phenoxy) is 2. The minimum absolute atomic E-state index is 0.187. The molecule has 0 N–H and O–H groups in total. The van der Waals surface area contributed by atoms with Gasteiger partial charge in [0.25, 0.3) is 0 Å². The molecule has 7 nitrogen and oxygen atoms in total. The van der Waals surface area contributed by atoms with Gasteiger partial charge in [-0.05, 0) is 60.5 Å². The zero-order valence-corrected chi connectivity index (χ0v) is 17.4. The summed E-state index contributed by atoms with van der Waals surface area (Å²) in [5.74, 6) is 0.493. The number of nitrogens with zero attached hydrogens (tertiary/aromatic N) is 3. The average Bonchev–Trinajstić information content (AvgIpc) is 3.00. The Hall–Kier alpha value is -2.31. The number of aromatic nitrogens is 1. The van der Waals surface area contributed by atoms with Crippen LogP contribution in [-0.4, -0.2) is 46.9 Å². The number of carbonyl (C=O) groups excluding carboxylic acids is 2. The minimum atomic E-state index is -0.601. The number of likely N-dealkylation sites (tertiary alicyclic amines) is 1. The number of rotatable bonds is 2. The summed E-state index contributed by atoms with van der Waals surface area (Å²) in [6.45, 7) is 11.6. The summed E-state index contributed by atoms with van der Waals surface area (Å²) in [6.07, 6.45) is 2.46. The van der Waals surface area contributed by atoms with Crippen LogP contribution < -0.4 is 4.90 Å². The van der Waals surface area contributed by atoms with E-state index in [0.29, 0.717) is 12.4 Å². The molecule has 0 aliphatic carbocycles. The molecule has 7 heteroatoms. The largest absolute Gasteiger partial charge is 0.444 e. The van der Waals surface area contributed by atoms with E-state index in [-0.39, 0.29) is 12.1 Å². The van der Waals surface area contributed by atoms with Crippen LogP contribution in [0.4, 0.5) is 15.4 Å². The van der Waals surface area contributed by atoms with Crippen LogP contribution in [0.2, 0.25) is 0 Å². The van der Waals surface area contributed by atoms with Crippen molar-refractivity contribution in [2.24, 2.45) is 0 Å². The van der Waals surface area contributed by atoms with Gasteiger partial charge < -0.3 is 14.4 Å². The van der Waals surface area contributed by atoms with Crippen molar-refractivity contribution in [3.8, 4) is 0 Å². The van der Waals surface area contributed by atoms with Crippen molar-refractivity contribution < 1.29 is 19.1 Å². The molecule has 0 aromatic carbocycles. The molecule has 1 aromatic rings. The van der Waals surface area contributed by atoms with Crippen molar-refractivity contribution in [3.05, 3.63) is 23.9 Å². The predicted octanol–water partition coefficient (Wildman–Crippen LogP) is 4.52. The fourth-order valence-corrected chi connectivity index (χ4v) is 3.00. The monoisotopic (exact) mass is 377 g/mol. The zero-order valence-electron chi connectivity index (χ0n) is 17.4. The van der Waals surface area contributed by atoms with Crippen LogP contribution in [0.25, 0.3) is 0 Å². The first-order valence-electron chi connectivity index (χ1n) is 9.30. The Balaban J connectivity index is 2.28. The van der Waals surface area contributed by atoms with Crippen LogP contribution in [0.1, 0.15) is 66.0 Å². The molecular weight excluding hydrogens is 346 g/mol. The van der Waals surface area contributed by atoms with Crippen molar-refractivity contribution in [1.29, 1.82) is 0 Å². The number of carbonyl (C=O) groups is 2. The van der Waals surface area contributed by atoms with Crippen LogP contribution in [0.5, 0.6) is 0 Å². The van der Waals surface area contributed by atoms with Crippen molar-refractivity contribution in [1.82, 2.24) is 9.88 Å². The second-order valence-electron chi connectivity index (χ2n) is 8.79. The van der Waals surface area contributed by atoms with E-state index < -0.39 is 17.3 Å². The molecule has 1 aliphatic heterocycles. The molecule has 1 aromatic heterocycles. The minimum Gasteiger partial charge on any atom is -0.444 e. The van der Waals surface area contributed by atoms with Crippen molar-refractivity contribution in [2.75, 3.05) is 18.5 Å². The molecule has 0 spiro atoms. The zero-order chi connectivity index (χ0) is 20.4. The fourth-order valence-electron chi connectivity index (χ4n) is 3.00. The van der Waals surface area contributed by atoms with Gasteiger partial charge in [-0.3, -0.25) is 4.90 Å². The molecule has 2 heterocycles. The van der Waals surface area contributed by atoms with Gasteiger partial charge in [0.2, 0.25) is 0 Å². The Morgan fingerprint density at radius 1 is 1.15 bits per heavy atom. The summed E-state index contributed by atoms with van der Waals surface area (Å²) in [6, 6.07) is 3.53. The third-order valence-corrected chi connectivity index (χ3v) is 4.04. The first-order chi connectivity index (χ1) is 12.4. The lowest BCUT2D eigenvalue weighted by Crippen LogP contribution is -2.38. The van der Waals surface area contributed by atoms with Crippen molar-refractivity contribution in [3.63, 3.8) is 0 Å². The van der Waals surface area contributed by atoms with Gasteiger partial charge in [0.1, 0.15) is 17.0 Å².